The van der Waals surface area contributed by atoms with Crippen LogP contribution in [-0.2, 0) is 0 Å². The fourth-order valence-electron chi connectivity index (χ4n) is 7.59. The van der Waals surface area contributed by atoms with Crippen LogP contribution >= 0.6 is 0 Å². The van der Waals surface area contributed by atoms with Crippen molar-refractivity contribution >= 4 is 43.5 Å². The van der Waals surface area contributed by atoms with E-state index in [1.54, 1.807) is 0 Å². The minimum Gasteiger partial charge on any atom is -0.309 e. The van der Waals surface area contributed by atoms with Crippen molar-refractivity contribution in [2.45, 2.75) is 0 Å². The Bertz CT molecular complexity index is 2820. The van der Waals surface area contributed by atoms with Gasteiger partial charge in [-0.05, 0) is 47.5 Å². The van der Waals surface area contributed by atoms with Crippen LogP contribution in [-0.4, -0.2) is 14.5 Å². The van der Waals surface area contributed by atoms with Crippen LogP contribution in [0.3, 0.4) is 0 Å². The van der Waals surface area contributed by atoms with Gasteiger partial charge < -0.3 is 4.57 Å². The van der Waals surface area contributed by atoms with Crippen molar-refractivity contribution in [1.29, 1.82) is 0 Å². The van der Waals surface area contributed by atoms with E-state index in [-0.39, 0.29) is 0 Å². The lowest BCUT2D eigenvalue weighted by molar-refractivity contribution is 1.19. The lowest BCUT2D eigenvalue weighted by atomic mass is 9.97. The lowest BCUT2D eigenvalue weighted by Gasteiger charge is -2.15. The van der Waals surface area contributed by atoms with E-state index in [0.717, 1.165) is 61.3 Å². The van der Waals surface area contributed by atoms with Gasteiger partial charge in [0.25, 0.3) is 0 Å². The van der Waals surface area contributed by atoms with E-state index in [1.165, 1.54) is 32.8 Å². The maximum Gasteiger partial charge on any atom is 0.0788 e. The molecule has 0 atom stereocenters. The monoisotopic (exact) mass is 649 g/mol. The predicted molar refractivity (Wildman–Crippen MR) is 213 cm³/mol. The second-order valence-corrected chi connectivity index (χ2v) is 13.0. The molecule has 0 aliphatic carbocycles. The highest BCUT2D eigenvalue weighted by atomic mass is 15.0. The van der Waals surface area contributed by atoms with E-state index in [9.17, 15) is 0 Å². The molecule has 10 rings (SSSR count). The zero-order chi connectivity index (χ0) is 33.7. The molecule has 0 radical (unpaired) electrons. The van der Waals surface area contributed by atoms with Crippen molar-refractivity contribution < 1.29 is 0 Å². The van der Waals surface area contributed by atoms with Crippen molar-refractivity contribution in [2.75, 3.05) is 0 Å². The first-order valence-corrected chi connectivity index (χ1v) is 17.3. The fourth-order valence-corrected chi connectivity index (χ4v) is 7.59. The largest absolute Gasteiger partial charge is 0.309 e. The molecule has 7 aromatic carbocycles. The highest BCUT2D eigenvalue weighted by Gasteiger charge is 2.20. The molecular weight excluding hydrogens is 619 g/mol. The molecule has 0 unspecified atom stereocenters. The zero-order valence-electron chi connectivity index (χ0n) is 27.7. The highest BCUT2D eigenvalue weighted by molar-refractivity contribution is 6.26. The van der Waals surface area contributed by atoms with Gasteiger partial charge in [-0.25, -0.2) is 9.97 Å². The summed E-state index contributed by atoms with van der Waals surface area (Å²) in [4.78, 5) is 10.4. The van der Waals surface area contributed by atoms with Crippen LogP contribution in [0.4, 0.5) is 0 Å². The van der Waals surface area contributed by atoms with E-state index in [0.29, 0.717) is 0 Å². The van der Waals surface area contributed by atoms with Crippen LogP contribution in [0.25, 0.3) is 94.1 Å². The SMILES string of the molecule is c1ccc(-c2cc(-c3ccccc3)nc(-c3ccc(-n4c5ccccc5c5ccc6c(-c7ccccc7)nc7ccccc7c6c54)cc3)c2)cc1. The van der Waals surface area contributed by atoms with Crippen LogP contribution < -0.4 is 0 Å². The first kappa shape index (κ1) is 29.1. The van der Waals surface area contributed by atoms with Crippen LogP contribution in [0, 0.1) is 0 Å². The number of aromatic nitrogens is 3. The van der Waals surface area contributed by atoms with Crippen LogP contribution in [0.5, 0.6) is 0 Å². The van der Waals surface area contributed by atoms with Crippen molar-refractivity contribution in [2.24, 2.45) is 0 Å². The maximum absolute atomic E-state index is 5.22. The highest BCUT2D eigenvalue weighted by Crippen LogP contribution is 2.42. The molecule has 0 amide bonds. The molecule has 0 N–H and O–H groups in total. The summed E-state index contributed by atoms with van der Waals surface area (Å²) in [6.45, 7) is 0. The summed E-state index contributed by atoms with van der Waals surface area (Å²) in [5.41, 5.74) is 12.9. The number of hydrogen-bond acceptors (Lipinski definition) is 2. The fraction of sp³-hybridized carbons (Fsp3) is 0. The van der Waals surface area contributed by atoms with Gasteiger partial charge >= 0.3 is 0 Å². The Morgan fingerprint density at radius 2 is 0.902 bits per heavy atom. The number of hydrogen-bond donors (Lipinski definition) is 0. The average Bonchev–Trinajstić information content (AvgIpc) is 3.56. The molecule has 0 aliphatic heterocycles. The molecule has 3 nitrogen and oxygen atoms in total. The first-order chi connectivity index (χ1) is 25.3. The number of nitrogens with zero attached hydrogens (tertiary/aromatic N) is 3. The van der Waals surface area contributed by atoms with Crippen LogP contribution in [0.2, 0.25) is 0 Å². The van der Waals surface area contributed by atoms with Crippen LogP contribution in [0.15, 0.2) is 188 Å². The van der Waals surface area contributed by atoms with Gasteiger partial charge in [-0.15, -0.1) is 0 Å². The average molecular weight is 650 g/mol. The predicted octanol–water partition coefficient (Wildman–Crippen LogP) is 12.5. The van der Waals surface area contributed by atoms with Gasteiger partial charge in [-0.1, -0.05) is 152 Å². The standard InChI is InChI=1S/C48H31N3/c1-4-14-32(15-5-1)36-30-43(33-16-6-2-7-17-33)49-44(31-36)34-24-26-37(27-25-34)51-45-23-13-11-20-38(45)39-28-29-41-46(48(39)51)40-21-10-12-22-42(40)50-47(41)35-18-8-3-9-19-35/h1-31H. The Balaban J connectivity index is 1.21. The summed E-state index contributed by atoms with van der Waals surface area (Å²) < 4.78 is 2.43. The Kier molecular flexibility index (Phi) is 6.81. The molecule has 0 saturated heterocycles. The Morgan fingerprint density at radius 3 is 1.61 bits per heavy atom. The third kappa shape index (κ3) is 4.90. The molecule has 51 heavy (non-hydrogen) atoms. The minimum atomic E-state index is 0.944. The van der Waals surface area contributed by atoms with Gasteiger partial charge in [-0.3, -0.25) is 0 Å². The maximum atomic E-state index is 5.22. The molecule has 3 heteroatoms. The molecular formula is C48H31N3. The molecule has 0 fully saturated rings. The van der Waals surface area contributed by atoms with Crippen molar-refractivity contribution in [3.8, 4) is 50.6 Å². The van der Waals surface area contributed by atoms with E-state index < -0.39 is 0 Å². The Labute approximate surface area is 295 Å². The summed E-state index contributed by atoms with van der Waals surface area (Å²) in [5.74, 6) is 0. The first-order valence-electron chi connectivity index (χ1n) is 17.3. The molecule has 0 spiro atoms. The van der Waals surface area contributed by atoms with Gasteiger partial charge in [-0.2, -0.15) is 0 Å². The summed E-state index contributed by atoms with van der Waals surface area (Å²) >= 11 is 0. The summed E-state index contributed by atoms with van der Waals surface area (Å²) in [6, 6.07) is 66.6. The number of pyridine rings is 2. The normalized spacial score (nSPS) is 11.5. The van der Waals surface area contributed by atoms with Gasteiger partial charge in [0.1, 0.15) is 0 Å². The van der Waals surface area contributed by atoms with Gasteiger partial charge in [0.15, 0.2) is 0 Å². The molecule has 3 aromatic heterocycles. The van der Waals surface area contributed by atoms with Gasteiger partial charge in [0.2, 0.25) is 0 Å². The Morgan fingerprint density at radius 1 is 0.353 bits per heavy atom. The van der Waals surface area contributed by atoms with E-state index in [2.05, 4.69) is 187 Å². The molecule has 0 saturated carbocycles. The molecule has 0 aliphatic rings. The number of para-hydroxylation sites is 2. The smallest absolute Gasteiger partial charge is 0.0788 e. The molecule has 3 heterocycles. The lowest BCUT2D eigenvalue weighted by Crippen LogP contribution is -1.97. The number of fused-ring (bicyclic) bond motifs is 7. The van der Waals surface area contributed by atoms with Crippen molar-refractivity contribution in [3.63, 3.8) is 0 Å². The summed E-state index contributed by atoms with van der Waals surface area (Å²) in [5, 5.41) is 5.95. The third-order valence-corrected chi connectivity index (χ3v) is 9.97. The topological polar surface area (TPSA) is 30.7 Å². The molecule has 10 aromatic rings. The van der Waals surface area contributed by atoms with Crippen molar-refractivity contribution in [3.05, 3.63) is 188 Å². The van der Waals surface area contributed by atoms with Crippen LogP contribution in [0.1, 0.15) is 0 Å². The molecule has 0 bridgehead atoms. The van der Waals surface area contributed by atoms with E-state index >= 15 is 0 Å². The Hall–Kier alpha value is -6.84. The summed E-state index contributed by atoms with van der Waals surface area (Å²) in [7, 11) is 0. The van der Waals surface area contributed by atoms with Crippen molar-refractivity contribution in [1.82, 2.24) is 14.5 Å². The number of benzene rings is 7. The van der Waals surface area contributed by atoms with E-state index in [1.807, 2.05) is 6.07 Å². The third-order valence-electron chi connectivity index (χ3n) is 9.97. The second kappa shape index (κ2) is 11.9. The van der Waals surface area contributed by atoms with Gasteiger partial charge in [0.05, 0.1) is 33.6 Å². The number of rotatable bonds is 5. The molecule has 238 valence electrons. The van der Waals surface area contributed by atoms with E-state index in [4.69, 9.17) is 9.97 Å². The zero-order valence-corrected chi connectivity index (χ0v) is 27.7. The summed E-state index contributed by atoms with van der Waals surface area (Å²) in [6.07, 6.45) is 0. The minimum absolute atomic E-state index is 0.944. The second-order valence-electron chi connectivity index (χ2n) is 13.0. The quantitative estimate of drug-likeness (QED) is 0.174. The van der Waals surface area contributed by atoms with Gasteiger partial charge in [0, 0.05) is 49.3 Å².